The van der Waals surface area contributed by atoms with Crippen molar-refractivity contribution in [1.82, 2.24) is 4.98 Å². The molecule has 0 radical (unpaired) electrons. The standard InChI is InChI=1S/C14H15NO3/c1-14(2,3)18-13(17)10-4-5-11-9(8-10)6-7-15-12(11)16/h4-8H,1-3H3,(H,15,16). The van der Waals surface area contributed by atoms with Crippen LogP contribution in [0.3, 0.4) is 0 Å². The molecule has 0 saturated carbocycles. The molecule has 18 heavy (non-hydrogen) atoms. The SMILES string of the molecule is CC(C)(C)OC(=O)c1ccc2c(=O)[nH]ccc2c1. The van der Waals surface area contributed by atoms with Crippen LogP contribution in [-0.2, 0) is 4.74 Å². The van der Waals surface area contributed by atoms with Gasteiger partial charge in [0, 0.05) is 11.6 Å². The van der Waals surface area contributed by atoms with Gasteiger partial charge >= 0.3 is 5.97 Å². The number of H-pyrrole nitrogens is 1. The first-order valence-corrected chi connectivity index (χ1v) is 5.72. The maximum Gasteiger partial charge on any atom is 0.338 e. The van der Waals surface area contributed by atoms with Gasteiger partial charge in [0.15, 0.2) is 0 Å². The highest BCUT2D eigenvalue weighted by atomic mass is 16.6. The van der Waals surface area contributed by atoms with E-state index >= 15 is 0 Å². The van der Waals surface area contributed by atoms with Crippen LogP contribution in [0.5, 0.6) is 0 Å². The molecule has 1 aromatic heterocycles. The highest BCUT2D eigenvalue weighted by Crippen LogP contribution is 2.16. The summed E-state index contributed by atoms with van der Waals surface area (Å²) in [7, 11) is 0. The van der Waals surface area contributed by atoms with E-state index in [4.69, 9.17) is 4.74 Å². The van der Waals surface area contributed by atoms with Crippen molar-refractivity contribution in [3.8, 4) is 0 Å². The van der Waals surface area contributed by atoms with Gasteiger partial charge in [0.1, 0.15) is 5.60 Å². The summed E-state index contributed by atoms with van der Waals surface area (Å²) >= 11 is 0. The number of esters is 1. The van der Waals surface area contributed by atoms with Gasteiger partial charge < -0.3 is 9.72 Å². The Hall–Kier alpha value is -2.10. The second-order valence-corrected chi connectivity index (χ2v) is 5.11. The zero-order chi connectivity index (χ0) is 13.3. The molecule has 2 rings (SSSR count). The Kier molecular flexibility index (Phi) is 2.95. The quantitative estimate of drug-likeness (QED) is 0.785. The minimum absolute atomic E-state index is 0.164. The number of pyridine rings is 1. The summed E-state index contributed by atoms with van der Waals surface area (Å²) < 4.78 is 5.28. The smallest absolute Gasteiger partial charge is 0.338 e. The molecule has 0 saturated heterocycles. The lowest BCUT2D eigenvalue weighted by molar-refractivity contribution is 0.00697. The lowest BCUT2D eigenvalue weighted by Gasteiger charge is -2.19. The molecular formula is C14H15NO3. The van der Waals surface area contributed by atoms with Gasteiger partial charge in [-0.1, -0.05) is 0 Å². The van der Waals surface area contributed by atoms with Crippen LogP contribution in [0.2, 0.25) is 0 Å². The summed E-state index contributed by atoms with van der Waals surface area (Å²) in [6, 6.07) is 6.66. The third-order valence-electron chi connectivity index (χ3n) is 2.41. The molecule has 4 heteroatoms. The van der Waals surface area contributed by atoms with Gasteiger partial charge in [-0.05, 0) is 50.4 Å². The summed E-state index contributed by atoms with van der Waals surface area (Å²) in [6.07, 6.45) is 1.56. The van der Waals surface area contributed by atoms with Crippen molar-refractivity contribution in [2.24, 2.45) is 0 Å². The monoisotopic (exact) mass is 245 g/mol. The summed E-state index contributed by atoms with van der Waals surface area (Å²) in [5.74, 6) is -0.385. The molecule has 1 heterocycles. The van der Waals surface area contributed by atoms with Crippen LogP contribution in [0.1, 0.15) is 31.1 Å². The second-order valence-electron chi connectivity index (χ2n) is 5.11. The number of carbonyl (C=O) groups excluding carboxylic acids is 1. The van der Waals surface area contributed by atoms with E-state index in [-0.39, 0.29) is 11.5 Å². The van der Waals surface area contributed by atoms with Gasteiger partial charge in [-0.2, -0.15) is 0 Å². The van der Waals surface area contributed by atoms with Crippen LogP contribution < -0.4 is 5.56 Å². The molecule has 1 aromatic carbocycles. The van der Waals surface area contributed by atoms with Crippen molar-refractivity contribution in [2.75, 3.05) is 0 Å². The molecule has 0 fully saturated rings. The summed E-state index contributed by atoms with van der Waals surface area (Å²) in [4.78, 5) is 26.0. The molecule has 0 aliphatic heterocycles. The molecule has 0 amide bonds. The van der Waals surface area contributed by atoms with Gasteiger partial charge in [0.05, 0.1) is 5.56 Å². The van der Waals surface area contributed by atoms with Crippen LogP contribution >= 0.6 is 0 Å². The fraction of sp³-hybridized carbons (Fsp3) is 0.286. The second kappa shape index (κ2) is 4.29. The largest absolute Gasteiger partial charge is 0.456 e. The highest BCUT2D eigenvalue weighted by Gasteiger charge is 2.18. The maximum absolute atomic E-state index is 11.9. The average molecular weight is 245 g/mol. The third-order valence-corrected chi connectivity index (χ3v) is 2.41. The predicted octanol–water partition coefficient (Wildman–Crippen LogP) is 2.48. The van der Waals surface area contributed by atoms with Crippen LogP contribution in [0.4, 0.5) is 0 Å². The minimum atomic E-state index is -0.528. The van der Waals surface area contributed by atoms with Crippen LogP contribution in [-0.4, -0.2) is 16.6 Å². The zero-order valence-electron chi connectivity index (χ0n) is 10.6. The third kappa shape index (κ3) is 2.59. The first kappa shape index (κ1) is 12.4. The van der Waals surface area contributed by atoms with Crippen molar-refractivity contribution in [2.45, 2.75) is 26.4 Å². The minimum Gasteiger partial charge on any atom is -0.456 e. The van der Waals surface area contributed by atoms with Crippen LogP contribution in [0.25, 0.3) is 10.8 Å². The molecular weight excluding hydrogens is 230 g/mol. The Balaban J connectivity index is 2.42. The fourth-order valence-electron chi connectivity index (χ4n) is 1.66. The van der Waals surface area contributed by atoms with Crippen molar-refractivity contribution in [1.29, 1.82) is 0 Å². The Labute approximate surface area is 105 Å². The lowest BCUT2D eigenvalue weighted by Crippen LogP contribution is -2.23. The summed E-state index contributed by atoms with van der Waals surface area (Å²) in [6.45, 7) is 5.45. The Morgan fingerprint density at radius 1 is 1.22 bits per heavy atom. The molecule has 0 spiro atoms. The van der Waals surface area contributed by atoms with Gasteiger partial charge in [-0.15, -0.1) is 0 Å². The van der Waals surface area contributed by atoms with E-state index < -0.39 is 5.60 Å². The molecule has 0 unspecified atom stereocenters. The van der Waals surface area contributed by atoms with Crippen molar-refractivity contribution in [3.05, 3.63) is 46.4 Å². The molecule has 0 aliphatic carbocycles. The van der Waals surface area contributed by atoms with E-state index in [1.807, 2.05) is 20.8 Å². The average Bonchev–Trinajstić information content (AvgIpc) is 2.26. The van der Waals surface area contributed by atoms with E-state index in [9.17, 15) is 9.59 Å². The number of hydrogen-bond acceptors (Lipinski definition) is 3. The van der Waals surface area contributed by atoms with Crippen LogP contribution in [0.15, 0.2) is 35.3 Å². The van der Waals surface area contributed by atoms with Gasteiger partial charge in [0.25, 0.3) is 5.56 Å². The molecule has 0 bridgehead atoms. The van der Waals surface area contributed by atoms with E-state index in [1.54, 1.807) is 30.5 Å². The number of hydrogen-bond donors (Lipinski definition) is 1. The maximum atomic E-state index is 11.9. The van der Waals surface area contributed by atoms with Gasteiger partial charge in [-0.25, -0.2) is 4.79 Å². The topological polar surface area (TPSA) is 59.2 Å². The molecule has 0 atom stereocenters. The first-order valence-electron chi connectivity index (χ1n) is 5.72. The number of nitrogens with one attached hydrogen (secondary N) is 1. The van der Waals surface area contributed by atoms with E-state index in [2.05, 4.69) is 4.98 Å². The lowest BCUT2D eigenvalue weighted by atomic mass is 10.1. The Morgan fingerprint density at radius 3 is 2.61 bits per heavy atom. The summed E-state index contributed by atoms with van der Waals surface area (Å²) in [5, 5.41) is 1.28. The number of rotatable bonds is 1. The predicted molar refractivity (Wildman–Crippen MR) is 69.7 cm³/mol. The normalized spacial score (nSPS) is 11.5. The number of aromatic amines is 1. The number of fused-ring (bicyclic) bond motifs is 1. The molecule has 4 nitrogen and oxygen atoms in total. The van der Waals surface area contributed by atoms with Crippen molar-refractivity contribution in [3.63, 3.8) is 0 Å². The van der Waals surface area contributed by atoms with Gasteiger partial charge in [-0.3, -0.25) is 4.79 Å². The summed E-state index contributed by atoms with van der Waals surface area (Å²) in [5.41, 5.74) is -0.244. The van der Waals surface area contributed by atoms with Gasteiger partial charge in [0.2, 0.25) is 0 Å². The fourth-order valence-corrected chi connectivity index (χ4v) is 1.66. The van der Waals surface area contributed by atoms with Crippen LogP contribution in [0, 0.1) is 0 Å². The van der Waals surface area contributed by atoms with Crippen molar-refractivity contribution >= 4 is 16.7 Å². The van der Waals surface area contributed by atoms with E-state index in [0.29, 0.717) is 10.9 Å². The molecule has 94 valence electrons. The van der Waals surface area contributed by atoms with E-state index in [0.717, 1.165) is 5.39 Å². The molecule has 2 aromatic rings. The zero-order valence-corrected chi connectivity index (χ0v) is 10.6. The van der Waals surface area contributed by atoms with Crippen molar-refractivity contribution < 1.29 is 9.53 Å². The number of carbonyl (C=O) groups is 1. The Bertz CT molecular complexity index is 650. The number of ether oxygens (including phenoxy) is 1. The highest BCUT2D eigenvalue weighted by molar-refractivity contribution is 5.95. The number of benzene rings is 1. The molecule has 1 N–H and O–H groups in total. The number of aromatic nitrogens is 1. The first-order chi connectivity index (χ1) is 8.37. The Morgan fingerprint density at radius 2 is 1.94 bits per heavy atom. The van der Waals surface area contributed by atoms with E-state index in [1.165, 1.54) is 0 Å². The molecule has 0 aliphatic rings.